The van der Waals surface area contributed by atoms with E-state index in [9.17, 15) is 4.79 Å². The summed E-state index contributed by atoms with van der Waals surface area (Å²) in [7, 11) is 4.16. The van der Waals surface area contributed by atoms with Crippen LogP contribution in [0.5, 0.6) is 0 Å². The number of rotatable bonds is 9. The van der Waals surface area contributed by atoms with Crippen LogP contribution >= 0.6 is 15.9 Å². The molecule has 20 heavy (non-hydrogen) atoms. The van der Waals surface area contributed by atoms with Crippen LogP contribution in [0, 0.1) is 0 Å². The van der Waals surface area contributed by atoms with Gasteiger partial charge in [0.25, 0.3) is 0 Å². The molecule has 0 spiro atoms. The molecule has 0 fully saturated rings. The molecular formula is C16H25BrN2O. The quantitative estimate of drug-likeness (QED) is 0.644. The molecule has 0 saturated heterocycles. The topological polar surface area (TPSA) is 23.6 Å². The Kier molecular flexibility index (Phi) is 8.04. The highest BCUT2D eigenvalue weighted by Gasteiger charge is 2.12. The van der Waals surface area contributed by atoms with Crippen molar-refractivity contribution in [1.29, 1.82) is 0 Å². The first-order valence-electron chi connectivity index (χ1n) is 7.19. The Morgan fingerprint density at radius 2 is 1.80 bits per heavy atom. The number of halogens is 1. The number of Topliss-reactive ketones (excluding diaryl/α,β-unsaturated/α-hetero) is 1. The molecule has 0 aliphatic rings. The van der Waals surface area contributed by atoms with Gasteiger partial charge in [0.15, 0.2) is 5.78 Å². The van der Waals surface area contributed by atoms with E-state index in [1.165, 1.54) is 0 Å². The van der Waals surface area contributed by atoms with Gasteiger partial charge in [-0.1, -0.05) is 41.1 Å². The molecule has 0 aliphatic heterocycles. The molecule has 1 aromatic rings. The first kappa shape index (κ1) is 17.3. The minimum atomic E-state index is 0.212. The third kappa shape index (κ3) is 6.16. The summed E-state index contributed by atoms with van der Waals surface area (Å²) in [4.78, 5) is 16.8. The second-order valence-electron chi connectivity index (χ2n) is 5.30. The lowest BCUT2D eigenvalue weighted by Gasteiger charge is -2.23. The summed E-state index contributed by atoms with van der Waals surface area (Å²) < 4.78 is 0.889. The van der Waals surface area contributed by atoms with Crippen LogP contribution in [-0.2, 0) is 0 Å². The van der Waals surface area contributed by atoms with Crippen LogP contribution in [-0.4, -0.2) is 55.9 Å². The van der Waals surface area contributed by atoms with Crippen molar-refractivity contribution in [3.8, 4) is 0 Å². The number of likely N-dealkylation sites (N-methyl/N-ethyl adjacent to an activating group) is 1. The average molecular weight is 341 g/mol. The highest BCUT2D eigenvalue weighted by Crippen LogP contribution is 2.17. The lowest BCUT2D eigenvalue weighted by atomic mass is 10.1. The maximum atomic E-state index is 12.2. The zero-order valence-electron chi connectivity index (χ0n) is 12.7. The van der Waals surface area contributed by atoms with E-state index >= 15 is 0 Å². The zero-order chi connectivity index (χ0) is 15.0. The lowest BCUT2D eigenvalue weighted by Crippen LogP contribution is -2.34. The van der Waals surface area contributed by atoms with Crippen molar-refractivity contribution in [3.05, 3.63) is 34.3 Å². The SMILES string of the molecule is CCCN(CCC(=O)c1ccccc1Br)CCN(C)C. The summed E-state index contributed by atoms with van der Waals surface area (Å²) in [6.07, 6.45) is 1.70. The number of carbonyl (C=O) groups is 1. The van der Waals surface area contributed by atoms with E-state index in [2.05, 4.69) is 46.7 Å². The molecular weight excluding hydrogens is 316 g/mol. The Morgan fingerprint density at radius 1 is 1.10 bits per heavy atom. The number of nitrogens with zero attached hydrogens (tertiary/aromatic N) is 2. The van der Waals surface area contributed by atoms with Crippen LogP contribution in [0.25, 0.3) is 0 Å². The fourth-order valence-electron chi connectivity index (χ4n) is 2.07. The van der Waals surface area contributed by atoms with Gasteiger partial charge in [0, 0.05) is 36.1 Å². The largest absolute Gasteiger partial charge is 0.308 e. The molecule has 0 radical (unpaired) electrons. The van der Waals surface area contributed by atoms with Gasteiger partial charge >= 0.3 is 0 Å². The number of ketones is 1. The molecule has 0 unspecified atom stereocenters. The molecule has 0 aromatic heterocycles. The van der Waals surface area contributed by atoms with Gasteiger partial charge < -0.3 is 9.80 Å². The van der Waals surface area contributed by atoms with Crippen LogP contribution in [0.4, 0.5) is 0 Å². The third-order valence-corrected chi connectivity index (χ3v) is 3.92. The van der Waals surface area contributed by atoms with E-state index in [1.807, 2.05) is 24.3 Å². The predicted molar refractivity (Wildman–Crippen MR) is 88.4 cm³/mol. The van der Waals surface area contributed by atoms with Crippen LogP contribution in [0.2, 0.25) is 0 Å². The first-order chi connectivity index (χ1) is 9.54. The van der Waals surface area contributed by atoms with Crippen molar-refractivity contribution < 1.29 is 4.79 Å². The van der Waals surface area contributed by atoms with Crippen molar-refractivity contribution in [3.63, 3.8) is 0 Å². The number of carbonyl (C=O) groups excluding carboxylic acids is 1. The molecule has 1 rings (SSSR count). The second-order valence-corrected chi connectivity index (χ2v) is 6.15. The van der Waals surface area contributed by atoms with Crippen molar-refractivity contribution in [2.24, 2.45) is 0 Å². The number of hydrogen-bond acceptors (Lipinski definition) is 3. The fraction of sp³-hybridized carbons (Fsp3) is 0.562. The highest BCUT2D eigenvalue weighted by molar-refractivity contribution is 9.10. The van der Waals surface area contributed by atoms with Gasteiger partial charge in [-0.25, -0.2) is 0 Å². The van der Waals surface area contributed by atoms with E-state index < -0.39 is 0 Å². The van der Waals surface area contributed by atoms with Crippen LogP contribution in [0.15, 0.2) is 28.7 Å². The molecule has 0 heterocycles. The Labute approximate surface area is 131 Å². The normalized spacial score (nSPS) is 11.3. The maximum Gasteiger partial charge on any atom is 0.165 e. The van der Waals surface area contributed by atoms with Gasteiger partial charge in [0.1, 0.15) is 0 Å². The summed E-state index contributed by atoms with van der Waals surface area (Å²) in [5.41, 5.74) is 0.788. The van der Waals surface area contributed by atoms with Crippen molar-refractivity contribution >= 4 is 21.7 Å². The molecule has 0 aliphatic carbocycles. The minimum absolute atomic E-state index is 0.212. The second kappa shape index (κ2) is 9.27. The molecule has 0 saturated carbocycles. The van der Waals surface area contributed by atoms with Gasteiger partial charge in [0.05, 0.1) is 0 Å². The minimum Gasteiger partial charge on any atom is -0.308 e. The van der Waals surface area contributed by atoms with Gasteiger partial charge in [-0.2, -0.15) is 0 Å². The molecule has 0 N–H and O–H groups in total. The number of benzene rings is 1. The average Bonchev–Trinajstić information content (AvgIpc) is 2.42. The van der Waals surface area contributed by atoms with Gasteiger partial charge in [-0.3, -0.25) is 4.79 Å². The van der Waals surface area contributed by atoms with E-state index in [4.69, 9.17) is 0 Å². The summed E-state index contributed by atoms with van der Waals surface area (Å²) >= 11 is 3.44. The number of hydrogen-bond donors (Lipinski definition) is 0. The van der Waals surface area contributed by atoms with Crippen LogP contribution in [0.1, 0.15) is 30.1 Å². The van der Waals surface area contributed by atoms with E-state index in [-0.39, 0.29) is 5.78 Å². The zero-order valence-corrected chi connectivity index (χ0v) is 14.3. The van der Waals surface area contributed by atoms with Gasteiger partial charge in [-0.15, -0.1) is 0 Å². The molecule has 0 bridgehead atoms. The standard InChI is InChI=1S/C16H25BrN2O/c1-4-10-19(13-12-18(2)3)11-9-16(20)14-7-5-6-8-15(14)17/h5-8H,4,9-13H2,1-3H3. The van der Waals surface area contributed by atoms with Crippen molar-refractivity contribution in [2.75, 3.05) is 40.3 Å². The van der Waals surface area contributed by atoms with Crippen molar-refractivity contribution in [2.45, 2.75) is 19.8 Å². The van der Waals surface area contributed by atoms with Crippen LogP contribution in [0.3, 0.4) is 0 Å². The van der Waals surface area contributed by atoms with Gasteiger partial charge in [-0.05, 0) is 33.1 Å². The Bertz CT molecular complexity index is 421. The summed E-state index contributed by atoms with van der Waals surface area (Å²) in [5.74, 6) is 0.212. The van der Waals surface area contributed by atoms with Gasteiger partial charge in [0.2, 0.25) is 0 Å². The van der Waals surface area contributed by atoms with E-state index in [0.29, 0.717) is 6.42 Å². The predicted octanol–water partition coefficient (Wildman–Crippen LogP) is 3.30. The Balaban J connectivity index is 2.50. The smallest absolute Gasteiger partial charge is 0.165 e. The molecule has 1 aromatic carbocycles. The maximum absolute atomic E-state index is 12.2. The summed E-state index contributed by atoms with van der Waals surface area (Å²) in [6, 6.07) is 7.65. The summed E-state index contributed by atoms with van der Waals surface area (Å²) in [6.45, 7) is 6.12. The molecule has 112 valence electrons. The Morgan fingerprint density at radius 3 is 2.40 bits per heavy atom. The van der Waals surface area contributed by atoms with Crippen molar-refractivity contribution in [1.82, 2.24) is 9.80 Å². The molecule has 0 atom stereocenters. The Hall–Kier alpha value is -0.710. The molecule has 4 heteroatoms. The first-order valence-corrected chi connectivity index (χ1v) is 7.98. The van der Waals surface area contributed by atoms with E-state index in [1.54, 1.807) is 0 Å². The fourth-order valence-corrected chi connectivity index (χ4v) is 2.58. The summed E-state index contributed by atoms with van der Waals surface area (Å²) in [5, 5.41) is 0. The monoisotopic (exact) mass is 340 g/mol. The highest BCUT2D eigenvalue weighted by atomic mass is 79.9. The molecule has 0 amide bonds. The third-order valence-electron chi connectivity index (χ3n) is 3.23. The lowest BCUT2D eigenvalue weighted by molar-refractivity contribution is 0.0961. The molecule has 3 nitrogen and oxygen atoms in total. The van der Waals surface area contributed by atoms with E-state index in [0.717, 1.165) is 42.6 Å². The van der Waals surface area contributed by atoms with Crippen LogP contribution < -0.4 is 0 Å².